The highest BCUT2D eigenvalue weighted by molar-refractivity contribution is 5.76. The number of rotatable bonds is 6. The Kier molecular flexibility index (Phi) is 5.79. The van der Waals surface area contributed by atoms with Crippen LogP contribution in [0.25, 0.3) is 0 Å². The first-order valence-electron chi connectivity index (χ1n) is 10.4. The zero-order valence-electron chi connectivity index (χ0n) is 17.3. The zero-order chi connectivity index (χ0) is 20.2. The molecule has 1 N–H and O–H groups in total. The number of amides is 1. The average Bonchev–Trinajstić information content (AvgIpc) is 3.34. The number of hydrogen-bond acceptors (Lipinski definition) is 3. The van der Waals surface area contributed by atoms with Crippen LogP contribution in [0.3, 0.4) is 0 Å². The van der Waals surface area contributed by atoms with Crippen LogP contribution < -0.4 is 0 Å². The van der Waals surface area contributed by atoms with Gasteiger partial charge in [-0.25, -0.2) is 4.98 Å². The number of carbonyl (C=O) groups is 1. The SMILES string of the molecule is Cc1[nH]nc(CCC(=O)N2CCC(c3nccn3Cc3ccccc3)CC2)c1C. The molecule has 0 atom stereocenters. The molecule has 1 aliphatic rings. The topological polar surface area (TPSA) is 66.8 Å². The van der Waals surface area contributed by atoms with E-state index in [0.29, 0.717) is 18.8 Å². The van der Waals surface area contributed by atoms with E-state index in [4.69, 9.17) is 0 Å². The largest absolute Gasteiger partial charge is 0.343 e. The third-order valence-electron chi connectivity index (χ3n) is 6.09. The molecular formula is C23H29N5O. The number of aromatic amines is 1. The van der Waals surface area contributed by atoms with Gasteiger partial charge < -0.3 is 9.47 Å². The van der Waals surface area contributed by atoms with Crippen molar-refractivity contribution in [2.75, 3.05) is 13.1 Å². The van der Waals surface area contributed by atoms with E-state index in [0.717, 1.165) is 49.7 Å². The molecule has 4 rings (SSSR count). The van der Waals surface area contributed by atoms with Gasteiger partial charge in [0.25, 0.3) is 0 Å². The van der Waals surface area contributed by atoms with Crippen LogP contribution in [0, 0.1) is 13.8 Å². The standard InChI is InChI=1S/C23H29N5O/c1-17-18(2)25-26-21(17)8-9-22(29)27-13-10-20(11-14-27)23-24-12-15-28(23)16-19-6-4-3-5-7-19/h3-7,12,15,20H,8-11,13-14,16H2,1-2H3,(H,25,26). The molecule has 0 radical (unpaired) electrons. The van der Waals surface area contributed by atoms with Crippen molar-refractivity contribution in [2.24, 2.45) is 0 Å². The molecule has 1 fully saturated rings. The van der Waals surface area contributed by atoms with Gasteiger partial charge in [0, 0.05) is 56.5 Å². The minimum absolute atomic E-state index is 0.233. The Hall–Kier alpha value is -2.89. The summed E-state index contributed by atoms with van der Waals surface area (Å²) in [6.45, 7) is 6.53. The summed E-state index contributed by atoms with van der Waals surface area (Å²) in [5, 5.41) is 7.32. The summed E-state index contributed by atoms with van der Waals surface area (Å²) in [6.07, 6.45) is 7.13. The summed E-state index contributed by atoms with van der Waals surface area (Å²) in [7, 11) is 0. The minimum Gasteiger partial charge on any atom is -0.343 e. The summed E-state index contributed by atoms with van der Waals surface area (Å²) in [5.41, 5.74) is 4.54. The van der Waals surface area contributed by atoms with E-state index in [-0.39, 0.29) is 5.91 Å². The Morgan fingerprint density at radius 2 is 1.93 bits per heavy atom. The quantitative estimate of drug-likeness (QED) is 0.698. The number of H-pyrrole nitrogens is 1. The van der Waals surface area contributed by atoms with E-state index >= 15 is 0 Å². The average molecular weight is 392 g/mol. The van der Waals surface area contributed by atoms with E-state index in [9.17, 15) is 4.79 Å². The van der Waals surface area contributed by atoms with Gasteiger partial charge in [-0.05, 0) is 37.8 Å². The first-order valence-corrected chi connectivity index (χ1v) is 10.4. The van der Waals surface area contributed by atoms with Gasteiger partial charge in [-0.15, -0.1) is 0 Å². The van der Waals surface area contributed by atoms with Crippen LogP contribution in [-0.4, -0.2) is 43.6 Å². The molecule has 3 heterocycles. The van der Waals surface area contributed by atoms with Gasteiger partial charge in [0.1, 0.15) is 5.82 Å². The van der Waals surface area contributed by atoms with Crippen LogP contribution in [0.5, 0.6) is 0 Å². The third kappa shape index (κ3) is 4.42. The molecule has 0 spiro atoms. The van der Waals surface area contributed by atoms with Crippen LogP contribution >= 0.6 is 0 Å². The van der Waals surface area contributed by atoms with Gasteiger partial charge in [0.15, 0.2) is 0 Å². The third-order valence-corrected chi connectivity index (χ3v) is 6.09. The monoisotopic (exact) mass is 391 g/mol. The van der Waals surface area contributed by atoms with E-state index in [2.05, 4.69) is 57.1 Å². The van der Waals surface area contributed by atoms with E-state index in [1.54, 1.807) is 0 Å². The van der Waals surface area contributed by atoms with Crippen LogP contribution in [0.4, 0.5) is 0 Å². The van der Waals surface area contributed by atoms with Gasteiger partial charge in [0.2, 0.25) is 5.91 Å². The summed E-state index contributed by atoms with van der Waals surface area (Å²) in [4.78, 5) is 19.3. The van der Waals surface area contributed by atoms with Gasteiger partial charge in [0.05, 0.1) is 5.69 Å². The van der Waals surface area contributed by atoms with Gasteiger partial charge in [-0.2, -0.15) is 5.10 Å². The molecule has 0 unspecified atom stereocenters. The Balaban J connectivity index is 1.31. The number of nitrogens with one attached hydrogen (secondary N) is 1. The molecule has 1 aromatic carbocycles. The fraction of sp³-hybridized carbons (Fsp3) is 0.435. The number of aromatic nitrogens is 4. The Morgan fingerprint density at radius 3 is 2.62 bits per heavy atom. The van der Waals surface area contributed by atoms with E-state index in [1.807, 2.05) is 24.1 Å². The first kappa shape index (κ1) is 19.4. The van der Waals surface area contributed by atoms with Crippen LogP contribution in [-0.2, 0) is 17.8 Å². The molecular weight excluding hydrogens is 362 g/mol. The molecule has 1 aliphatic heterocycles. The van der Waals surface area contributed by atoms with Gasteiger partial charge in [-0.1, -0.05) is 30.3 Å². The maximum Gasteiger partial charge on any atom is 0.222 e. The molecule has 1 amide bonds. The van der Waals surface area contributed by atoms with Crippen molar-refractivity contribution in [1.29, 1.82) is 0 Å². The number of carbonyl (C=O) groups excluding carboxylic acids is 1. The summed E-state index contributed by atoms with van der Waals surface area (Å²) in [5.74, 6) is 1.79. The smallest absolute Gasteiger partial charge is 0.222 e. The van der Waals surface area contributed by atoms with Crippen LogP contribution in [0.2, 0.25) is 0 Å². The molecule has 6 nitrogen and oxygen atoms in total. The summed E-state index contributed by atoms with van der Waals surface area (Å²) < 4.78 is 2.25. The lowest BCUT2D eigenvalue weighted by molar-refractivity contribution is -0.132. The maximum absolute atomic E-state index is 12.7. The van der Waals surface area contributed by atoms with Gasteiger partial charge >= 0.3 is 0 Å². The first-order chi connectivity index (χ1) is 14.1. The molecule has 0 saturated carbocycles. The zero-order valence-corrected chi connectivity index (χ0v) is 17.3. The van der Waals surface area contributed by atoms with Crippen molar-refractivity contribution in [3.8, 4) is 0 Å². The predicted octanol–water partition coefficient (Wildman–Crippen LogP) is 3.61. The maximum atomic E-state index is 12.7. The lowest BCUT2D eigenvalue weighted by atomic mass is 9.95. The second kappa shape index (κ2) is 8.64. The summed E-state index contributed by atoms with van der Waals surface area (Å²) >= 11 is 0. The molecule has 29 heavy (non-hydrogen) atoms. The summed E-state index contributed by atoms with van der Waals surface area (Å²) in [6, 6.07) is 10.5. The highest BCUT2D eigenvalue weighted by atomic mass is 16.2. The highest BCUT2D eigenvalue weighted by Crippen LogP contribution is 2.28. The lowest BCUT2D eigenvalue weighted by Gasteiger charge is -2.32. The molecule has 3 aromatic rings. The molecule has 2 aromatic heterocycles. The van der Waals surface area contributed by atoms with Gasteiger partial charge in [-0.3, -0.25) is 9.89 Å². The molecule has 0 aliphatic carbocycles. The second-order valence-electron chi connectivity index (χ2n) is 7.97. The number of nitrogens with zero attached hydrogens (tertiary/aromatic N) is 4. The van der Waals surface area contributed by atoms with Crippen molar-refractivity contribution in [3.63, 3.8) is 0 Å². The Morgan fingerprint density at radius 1 is 1.17 bits per heavy atom. The molecule has 1 saturated heterocycles. The van der Waals surface area contributed by atoms with Crippen LogP contribution in [0.1, 0.15) is 53.5 Å². The number of hydrogen-bond donors (Lipinski definition) is 1. The number of piperidine rings is 1. The Bertz CT molecular complexity index is 951. The van der Waals surface area contributed by atoms with Crippen molar-refractivity contribution in [2.45, 2.75) is 52.0 Å². The lowest BCUT2D eigenvalue weighted by Crippen LogP contribution is -2.38. The number of likely N-dealkylation sites (tertiary alicyclic amines) is 1. The molecule has 0 bridgehead atoms. The van der Waals surface area contributed by atoms with Crippen molar-refractivity contribution < 1.29 is 4.79 Å². The number of aryl methyl sites for hydroxylation is 2. The fourth-order valence-electron chi connectivity index (χ4n) is 4.14. The van der Waals surface area contributed by atoms with Crippen molar-refractivity contribution in [3.05, 3.63) is 71.1 Å². The fourth-order valence-corrected chi connectivity index (χ4v) is 4.14. The second-order valence-corrected chi connectivity index (χ2v) is 7.97. The predicted molar refractivity (Wildman–Crippen MR) is 113 cm³/mol. The number of imidazole rings is 1. The van der Waals surface area contributed by atoms with Crippen molar-refractivity contribution >= 4 is 5.91 Å². The van der Waals surface area contributed by atoms with E-state index in [1.165, 1.54) is 11.1 Å². The highest BCUT2D eigenvalue weighted by Gasteiger charge is 2.26. The Labute approximate surface area is 172 Å². The van der Waals surface area contributed by atoms with E-state index < -0.39 is 0 Å². The molecule has 152 valence electrons. The van der Waals surface area contributed by atoms with Crippen molar-refractivity contribution in [1.82, 2.24) is 24.6 Å². The van der Waals surface area contributed by atoms with Crippen LogP contribution in [0.15, 0.2) is 42.7 Å². The normalized spacial score (nSPS) is 15.0. The minimum atomic E-state index is 0.233. The number of benzene rings is 1. The molecule has 6 heteroatoms.